The van der Waals surface area contributed by atoms with Crippen molar-refractivity contribution in [1.29, 1.82) is 0 Å². The highest BCUT2D eigenvalue weighted by Gasteiger charge is 2.11. The van der Waals surface area contributed by atoms with Crippen LogP contribution in [0, 0.1) is 0 Å². The Kier molecular flexibility index (Phi) is 3.34. The molecule has 0 saturated heterocycles. The zero-order chi connectivity index (χ0) is 6.53. The summed E-state index contributed by atoms with van der Waals surface area (Å²) in [7, 11) is 0.376. The van der Waals surface area contributed by atoms with E-state index in [0.29, 0.717) is 9.52 Å². The molecule has 1 aliphatic carbocycles. The first kappa shape index (κ1) is 7.33. The smallest absolute Gasteiger partial charge is 0.0229 e. The van der Waals surface area contributed by atoms with Crippen LogP contribution < -0.4 is 0 Å². The highest BCUT2D eigenvalue weighted by Crippen LogP contribution is 2.27. The van der Waals surface area contributed by atoms with Gasteiger partial charge in [0, 0.05) is 9.52 Å². The van der Waals surface area contributed by atoms with Crippen molar-refractivity contribution >= 4 is 9.52 Å². The lowest BCUT2D eigenvalue weighted by molar-refractivity contribution is 0.500. The van der Waals surface area contributed by atoms with E-state index in [2.05, 4.69) is 6.92 Å². The Morgan fingerprint density at radius 2 is 1.89 bits per heavy atom. The molecule has 0 aromatic carbocycles. The molecule has 54 valence electrons. The van der Waals surface area contributed by atoms with E-state index in [4.69, 9.17) is 0 Å². The fourth-order valence-electron chi connectivity index (χ4n) is 1.88. The van der Waals surface area contributed by atoms with Gasteiger partial charge in [0.05, 0.1) is 0 Å². The van der Waals surface area contributed by atoms with Crippen LogP contribution in [0.15, 0.2) is 0 Å². The van der Waals surface area contributed by atoms with Gasteiger partial charge < -0.3 is 0 Å². The molecule has 0 nitrogen and oxygen atoms in total. The highest BCUT2D eigenvalue weighted by atomic mass is 28.2. The van der Waals surface area contributed by atoms with Gasteiger partial charge in [0.2, 0.25) is 0 Å². The molecule has 0 bridgehead atoms. The van der Waals surface area contributed by atoms with E-state index in [1.165, 1.54) is 30.8 Å². The summed E-state index contributed by atoms with van der Waals surface area (Å²) in [5.74, 6) is 0. The largest absolute Gasteiger partial charge is 0.0683 e. The first-order valence-electron chi connectivity index (χ1n) is 4.43. The molecule has 0 spiro atoms. The van der Waals surface area contributed by atoms with Crippen molar-refractivity contribution in [2.24, 2.45) is 0 Å². The van der Waals surface area contributed by atoms with Gasteiger partial charge in [0.1, 0.15) is 0 Å². The molecule has 0 radical (unpaired) electrons. The Labute approximate surface area is 60.9 Å². The van der Waals surface area contributed by atoms with Crippen LogP contribution in [0.1, 0.15) is 39.0 Å². The zero-order valence-electron chi connectivity index (χ0n) is 6.53. The molecule has 0 atom stereocenters. The van der Waals surface area contributed by atoms with Crippen molar-refractivity contribution in [3.63, 3.8) is 0 Å². The maximum Gasteiger partial charge on any atom is 0.0229 e. The van der Waals surface area contributed by atoms with Gasteiger partial charge in [-0.1, -0.05) is 50.6 Å². The monoisotopic (exact) mass is 142 g/mol. The van der Waals surface area contributed by atoms with Gasteiger partial charge in [-0.25, -0.2) is 0 Å². The summed E-state index contributed by atoms with van der Waals surface area (Å²) in [5.41, 5.74) is 1.24. The minimum atomic E-state index is 0.376. The lowest BCUT2D eigenvalue weighted by atomic mass is 10.0. The molecule has 0 aliphatic heterocycles. The predicted molar refractivity (Wildman–Crippen MR) is 45.9 cm³/mol. The lowest BCUT2D eigenvalue weighted by Gasteiger charge is -2.19. The van der Waals surface area contributed by atoms with Crippen molar-refractivity contribution in [3.8, 4) is 0 Å². The van der Waals surface area contributed by atoms with Crippen LogP contribution in [0.2, 0.25) is 11.6 Å². The third-order valence-electron chi connectivity index (χ3n) is 2.42. The van der Waals surface area contributed by atoms with Gasteiger partial charge in [-0.2, -0.15) is 0 Å². The Balaban J connectivity index is 2.08. The molecule has 0 aromatic rings. The number of rotatable bonds is 2. The van der Waals surface area contributed by atoms with E-state index in [0.717, 1.165) is 0 Å². The standard InChI is InChI=1S/C8H18Si/c1-2-9-8-6-4-3-5-7-8/h8H,2-7,9H2,1H3. The molecular formula is C8H18Si. The van der Waals surface area contributed by atoms with Crippen LogP contribution in [-0.2, 0) is 0 Å². The normalized spacial score (nSPS) is 23.7. The van der Waals surface area contributed by atoms with Gasteiger partial charge >= 0.3 is 0 Å². The van der Waals surface area contributed by atoms with Crippen molar-refractivity contribution in [1.82, 2.24) is 0 Å². The summed E-state index contributed by atoms with van der Waals surface area (Å²) in [6.45, 7) is 2.36. The topological polar surface area (TPSA) is 0 Å². The highest BCUT2D eigenvalue weighted by molar-refractivity contribution is 6.37. The molecule has 1 rings (SSSR count). The minimum Gasteiger partial charge on any atom is -0.0683 e. The molecule has 1 saturated carbocycles. The molecular weight excluding hydrogens is 124 g/mol. The Bertz CT molecular complexity index is 62.2. The maximum absolute atomic E-state index is 2.36. The van der Waals surface area contributed by atoms with Crippen LogP contribution >= 0.6 is 0 Å². The second kappa shape index (κ2) is 4.10. The van der Waals surface area contributed by atoms with E-state index < -0.39 is 0 Å². The quantitative estimate of drug-likeness (QED) is 0.519. The fourth-order valence-corrected chi connectivity index (χ4v) is 3.86. The van der Waals surface area contributed by atoms with Crippen molar-refractivity contribution < 1.29 is 0 Å². The Morgan fingerprint density at radius 3 is 2.44 bits per heavy atom. The van der Waals surface area contributed by atoms with Crippen LogP contribution in [0.4, 0.5) is 0 Å². The van der Waals surface area contributed by atoms with Crippen LogP contribution in [-0.4, -0.2) is 9.52 Å². The van der Waals surface area contributed by atoms with Crippen molar-refractivity contribution in [2.75, 3.05) is 0 Å². The van der Waals surface area contributed by atoms with Crippen LogP contribution in [0.25, 0.3) is 0 Å². The molecule has 9 heavy (non-hydrogen) atoms. The van der Waals surface area contributed by atoms with E-state index in [1.807, 2.05) is 0 Å². The molecule has 0 aromatic heterocycles. The van der Waals surface area contributed by atoms with Gasteiger partial charge in [-0.3, -0.25) is 0 Å². The van der Waals surface area contributed by atoms with Gasteiger partial charge in [-0.05, 0) is 0 Å². The van der Waals surface area contributed by atoms with E-state index in [1.54, 1.807) is 12.8 Å². The summed E-state index contributed by atoms with van der Waals surface area (Å²) in [4.78, 5) is 0. The average molecular weight is 142 g/mol. The molecule has 1 fully saturated rings. The van der Waals surface area contributed by atoms with Crippen LogP contribution in [0.3, 0.4) is 0 Å². The lowest BCUT2D eigenvalue weighted by Crippen LogP contribution is -2.06. The summed E-state index contributed by atoms with van der Waals surface area (Å²) in [5, 5.41) is 0. The van der Waals surface area contributed by atoms with Gasteiger partial charge in [0.15, 0.2) is 0 Å². The molecule has 0 unspecified atom stereocenters. The maximum atomic E-state index is 2.36. The second-order valence-corrected chi connectivity index (χ2v) is 6.02. The number of hydrogen-bond donors (Lipinski definition) is 0. The molecule has 0 amide bonds. The molecule has 0 heterocycles. The molecule has 0 N–H and O–H groups in total. The van der Waals surface area contributed by atoms with E-state index in [9.17, 15) is 0 Å². The molecule has 1 aliphatic rings. The second-order valence-electron chi connectivity index (χ2n) is 3.29. The summed E-state index contributed by atoms with van der Waals surface area (Å²) in [6, 6.07) is 1.53. The number of hydrogen-bond acceptors (Lipinski definition) is 0. The van der Waals surface area contributed by atoms with Crippen molar-refractivity contribution in [2.45, 2.75) is 50.6 Å². The zero-order valence-corrected chi connectivity index (χ0v) is 7.94. The Hall–Kier alpha value is 0.217. The van der Waals surface area contributed by atoms with Crippen molar-refractivity contribution in [3.05, 3.63) is 0 Å². The average Bonchev–Trinajstić information content (AvgIpc) is 1.91. The summed E-state index contributed by atoms with van der Waals surface area (Å²) < 4.78 is 0. The van der Waals surface area contributed by atoms with Crippen LogP contribution in [0.5, 0.6) is 0 Å². The first-order valence-corrected chi connectivity index (χ1v) is 6.25. The Morgan fingerprint density at radius 1 is 1.22 bits per heavy atom. The summed E-state index contributed by atoms with van der Waals surface area (Å²) >= 11 is 0. The molecule has 1 heteroatoms. The predicted octanol–water partition coefficient (Wildman–Crippen LogP) is 2.35. The van der Waals surface area contributed by atoms with E-state index >= 15 is 0 Å². The minimum absolute atomic E-state index is 0.376. The SMILES string of the molecule is CC[SiH2]C1CCCCC1. The fraction of sp³-hybridized carbons (Fsp3) is 1.00. The first-order chi connectivity index (χ1) is 4.43. The van der Waals surface area contributed by atoms with Gasteiger partial charge in [-0.15, -0.1) is 0 Å². The third-order valence-corrected chi connectivity index (χ3v) is 4.63. The van der Waals surface area contributed by atoms with E-state index in [-0.39, 0.29) is 0 Å². The summed E-state index contributed by atoms with van der Waals surface area (Å²) in [6.07, 6.45) is 7.77. The van der Waals surface area contributed by atoms with Gasteiger partial charge in [0.25, 0.3) is 0 Å². The third kappa shape index (κ3) is 2.52.